The fourth-order valence-corrected chi connectivity index (χ4v) is 4.37. The number of carbonyl (C=O) groups is 2. The van der Waals surface area contributed by atoms with Gasteiger partial charge in [0.15, 0.2) is 0 Å². The molecule has 0 unspecified atom stereocenters. The number of hydrogen-bond acceptors (Lipinski definition) is 3. The highest BCUT2D eigenvalue weighted by molar-refractivity contribution is 5.89. The van der Waals surface area contributed by atoms with E-state index in [1.165, 1.54) is 5.56 Å². The van der Waals surface area contributed by atoms with Crippen molar-refractivity contribution in [2.45, 2.75) is 25.9 Å². The molecule has 0 N–H and O–H groups in total. The number of amides is 2. The van der Waals surface area contributed by atoms with Crippen LogP contribution < -0.4 is 4.74 Å². The molecule has 170 valence electrons. The van der Waals surface area contributed by atoms with Crippen molar-refractivity contribution in [2.75, 3.05) is 20.2 Å². The number of benzene rings is 3. The van der Waals surface area contributed by atoms with Crippen LogP contribution in [0.2, 0.25) is 0 Å². The average Bonchev–Trinajstić information content (AvgIpc) is 3.23. The SMILES string of the molecule is COc1ccccc1CN1C[C@H](C(=O)N(CCc2ccccc2)Cc2ccccc2)CC1=O. The summed E-state index contributed by atoms with van der Waals surface area (Å²) in [4.78, 5) is 30.0. The normalized spacial score (nSPS) is 15.5. The highest BCUT2D eigenvalue weighted by Gasteiger charge is 2.36. The number of para-hydroxylation sites is 1. The van der Waals surface area contributed by atoms with Gasteiger partial charge in [0.05, 0.1) is 13.0 Å². The standard InChI is InChI=1S/C28H30N2O3/c1-33-26-15-9-8-14-24(26)20-30-21-25(18-27(30)31)28(32)29(19-23-12-6-3-7-13-23)17-16-22-10-4-2-5-11-22/h2-15,25H,16-21H2,1H3/t25-/m1/s1. The number of hydrogen-bond donors (Lipinski definition) is 0. The number of carbonyl (C=O) groups excluding carboxylic acids is 2. The van der Waals surface area contributed by atoms with Crippen LogP contribution in [-0.2, 0) is 29.1 Å². The van der Waals surface area contributed by atoms with Gasteiger partial charge < -0.3 is 14.5 Å². The van der Waals surface area contributed by atoms with Gasteiger partial charge >= 0.3 is 0 Å². The zero-order valence-corrected chi connectivity index (χ0v) is 19.0. The fourth-order valence-electron chi connectivity index (χ4n) is 4.37. The van der Waals surface area contributed by atoms with Crippen molar-refractivity contribution in [2.24, 2.45) is 5.92 Å². The molecule has 4 rings (SSSR count). The smallest absolute Gasteiger partial charge is 0.228 e. The second kappa shape index (κ2) is 10.8. The van der Waals surface area contributed by atoms with Crippen LogP contribution in [0.25, 0.3) is 0 Å². The largest absolute Gasteiger partial charge is 0.496 e. The summed E-state index contributed by atoms with van der Waals surface area (Å²) >= 11 is 0. The summed E-state index contributed by atoms with van der Waals surface area (Å²) in [6.45, 7) is 2.06. The first-order valence-corrected chi connectivity index (χ1v) is 11.4. The van der Waals surface area contributed by atoms with Crippen molar-refractivity contribution in [3.63, 3.8) is 0 Å². The summed E-state index contributed by atoms with van der Waals surface area (Å²) in [6.07, 6.45) is 1.04. The summed E-state index contributed by atoms with van der Waals surface area (Å²) in [5.74, 6) is 0.493. The Labute approximate surface area is 195 Å². The Balaban J connectivity index is 1.46. The first-order chi connectivity index (χ1) is 16.1. The van der Waals surface area contributed by atoms with E-state index in [1.54, 1.807) is 12.0 Å². The predicted octanol–water partition coefficient (Wildman–Crippen LogP) is 4.32. The summed E-state index contributed by atoms with van der Waals surface area (Å²) in [6, 6.07) is 27.9. The van der Waals surface area contributed by atoms with Gasteiger partial charge in [0.1, 0.15) is 5.75 Å². The monoisotopic (exact) mass is 442 g/mol. The minimum absolute atomic E-state index is 0.0157. The zero-order chi connectivity index (χ0) is 23.0. The number of nitrogens with zero attached hydrogens (tertiary/aromatic N) is 2. The van der Waals surface area contributed by atoms with Gasteiger partial charge in [-0.2, -0.15) is 0 Å². The molecule has 1 heterocycles. The van der Waals surface area contributed by atoms with E-state index >= 15 is 0 Å². The maximum atomic E-state index is 13.6. The van der Waals surface area contributed by atoms with Gasteiger partial charge in [0.25, 0.3) is 0 Å². The fraction of sp³-hybridized carbons (Fsp3) is 0.286. The van der Waals surface area contributed by atoms with Crippen molar-refractivity contribution in [1.29, 1.82) is 0 Å². The van der Waals surface area contributed by atoms with Crippen LogP contribution in [0.1, 0.15) is 23.1 Å². The predicted molar refractivity (Wildman–Crippen MR) is 129 cm³/mol. The van der Waals surface area contributed by atoms with Gasteiger partial charge in [-0.15, -0.1) is 0 Å². The van der Waals surface area contributed by atoms with Gasteiger partial charge in [-0.25, -0.2) is 0 Å². The van der Waals surface area contributed by atoms with Crippen LogP contribution in [0.15, 0.2) is 84.9 Å². The lowest BCUT2D eigenvalue weighted by atomic mass is 10.1. The number of methoxy groups -OCH3 is 1. The molecule has 5 heteroatoms. The van der Waals surface area contributed by atoms with Crippen molar-refractivity contribution >= 4 is 11.8 Å². The summed E-state index contributed by atoms with van der Waals surface area (Å²) in [7, 11) is 1.63. The Morgan fingerprint density at radius 2 is 1.58 bits per heavy atom. The molecule has 1 atom stereocenters. The molecular formula is C28H30N2O3. The molecule has 1 fully saturated rings. The van der Waals surface area contributed by atoms with Crippen molar-refractivity contribution < 1.29 is 14.3 Å². The average molecular weight is 443 g/mol. The molecule has 0 bridgehead atoms. The molecule has 1 aliphatic rings. The Bertz CT molecular complexity index is 1070. The highest BCUT2D eigenvalue weighted by Crippen LogP contribution is 2.26. The topological polar surface area (TPSA) is 49.9 Å². The Hall–Kier alpha value is -3.60. The molecule has 0 spiro atoms. The van der Waals surface area contributed by atoms with Crippen molar-refractivity contribution in [3.8, 4) is 5.75 Å². The van der Waals surface area contributed by atoms with E-state index in [0.29, 0.717) is 26.2 Å². The second-order valence-electron chi connectivity index (χ2n) is 8.47. The second-order valence-corrected chi connectivity index (χ2v) is 8.47. The summed E-state index contributed by atoms with van der Waals surface area (Å²) in [5, 5.41) is 0. The van der Waals surface area contributed by atoms with E-state index in [1.807, 2.05) is 77.7 Å². The van der Waals surface area contributed by atoms with Gasteiger partial charge in [-0.1, -0.05) is 78.9 Å². The quantitative estimate of drug-likeness (QED) is 0.496. The molecule has 3 aromatic rings. The highest BCUT2D eigenvalue weighted by atomic mass is 16.5. The van der Waals surface area contributed by atoms with Gasteiger partial charge in [-0.05, 0) is 23.6 Å². The zero-order valence-electron chi connectivity index (χ0n) is 19.0. The minimum Gasteiger partial charge on any atom is -0.496 e. The third-order valence-corrected chi connectivity index (χ3v) is 6.16. The molecule has 3 aromatic carbocycles. The Kier molecular flexibility index (Phi) is 7.40. The van der Waals surface area contributed by atoms with Crippen molar-refractivity contribution in [1.82, 2.24) is 9.80 Å². The molecule has 0 radical (unpaired) electrons. The van der Waals surface area contributed by atoms with Gasteiger partial charge in [-0.3, -0.25) is 9.59 Å². The maximum absolute atomic E-state index is 13.6. The van der Waals surface area contributed by atoms with E-state index < -0.39 is 0 Å². The summed E-state index contributed by atoms with van der Waals surface area (Å²) in [5.41, 5.74) is 3.24. The lowest BCUT2D eigenvalue weighted by molar-refractivity contribution is -0.136. The van der Waals surface area contributed by atoms with E-state index in [9.17, 15) is 9.59 Å². The van der Waals surface area contributed by atoms with E-state index in [4.69, 9.17) is 4.74 Å². The molecule has 0 aliphatic carbocycles. The van der Waals surface area contributed by atoms with Crippen LogP contribution in [-0.4, -0.2) is 41.8 Å². The Morgan fingerprint density at radius 1 is 0.939 bits per heavy atom. The molecule has 5 nitrogen and oxygen atoms in total. The van der Waals surface area contributed by atoms with E-state index in [2.05, 4.69) is 12.1 Å². The molecule has 33 heavy (non-hydrogen) atoms. The van der Waals surface area contributed by atoms with Crippen molar-refractivity contribution in [3.05, 3.63) is 102 Å². The molecular weight excluding hydrogens is 412 g/mol. The van der Waals surface area contributed by atoms with E-state index in [-0.39, 0.29) is 24.2 Å². The summed E-state index contributed by atoms with van der Waals surface area (Å²) < 4.78 is 5.43. The lowest BCUT2D eigenvalue weighted by Gasteiger charge is -2.26. The number of likely N-dealkylation sites (tertiary alicyclic amines) is 1. The molecule has 0 aromatic heterocycles. The van der Waals surface area contributed by atoms with Gasteiger partial charge in [0.2, 0.25) is 11.8 Å². The number of ether oxygens (including phenoxy) is 1. The number of rotatable bonds is 9. The molecule has 1 aliphatic heterocycles. The first-order valence-electron chi connectivity index (χ1n) is 11.4. The van der Waals surface area contributed by atoms with Crippen LogP contribution in [0.3, 0.4) is 0 Å². The Morgan fingerprint density at radius 3 is 2.27 bits per heavy atom. The van der Waals surface area contributed by atoms with Crippen LogP contribution in [0, 0.1) is 5.92 Å². The van der Waals surface area contributed by atoms with Crippen LogP contribution in [0.5, 0.6) is 5.75 Å². The van der Waals surface area contributed by atoms with Gasteiger partial charge in [0, 0.05) is 38.2 Å². The third-order valence-electron chi connectivity index (χ3n) is 6.16. The lowest BCUT2D eigenvalue weighted by Crippen LogP contribution is -2.38. The maximum Gasteiger partial charge on any atom is 0.228 e. The minimum atomic E-state index is -0.327. The molecule has 1 saturated heterocycles. The third kappa shape index (κ3) is 5.80. The van der Waals surface area contributed by atoms with E-state index in [0.717, 1.165) is 23.3 Å². The van der Waals surface area contributed by atoms with Crippen LogP contribution >= 0.6 is 0 Å². The molecule has 0 saturated carbocycles. The molecule has 2 amide bonds. The van der Waals surface area contributed by atoms with Crippen LogP contribution in [0.4, 0.5) is 0 Å². The first kappa shape index (κ1) is 22.6.